The van der Waals surface area contributed by atoms with Crippen LogP contribution < -0.4 is 15.6 Å². The van der Waals surface area contributed by atoms with Gasteiger partial charge in [-0.3, -0.25) is 14.3 Å². The second kappa shape index (κ2) is 8.18. The number of nitrogens with zero attached hydrogens (tertiary/aromatic N) is 3. The van der Waals surface area contributed by atoms with Crippen LogP contribution in [-0.2, 0) is 6.54 Å². The molecule has 3 rings (SSSR count). The van der Waals surface area contributed by atoms with Gasteiger partial charge in [0.25, 0.3) is 11.3 Å². The lowest BCUT2D eigenvalue weighted by molar-refractivity contribution is 0.0953. The van der Waals surface area contributed by atoms with Crippen molar-refractivity contribution in [1.29, 1.82) is 0 Å². The molecule has 0 spiro atoms. The van der Waals surface area contributed by atoms with Crippen molar-refractivity contribution in [3.05, 3.63) is 82.8 Å². The summed E-state index contributed by atoms with van der Waals surface area (Å²) in [5.41, 5.74) is 0.887. The second-order valence-electron chi connectivity index (χ2n) is 5.86. The first kappa shape index (κ1) is 18.2. The summed E-state index contributed by atoms with van der Waals surface area (Å²) in [7, 11) is 1.41. The van der Waals surface area contributed by atoms with E-state index in [1.807, 2.05) is 60.7 Å². The van der Waals surface area contributed by atoms with Gasteiger partial charge in [-0.2, -0.15) is 5.10 Å². The van der Waals surface area contributed by atoms with E-state index in [4.69, 9.17) is 0 Å². The molecular weight excluding hydrogens is 344 g/mol. The van der Waals surface area contributed by atoms with Gasteiger partial charge < -0.3 is 15.3 Å². The molecule has 27 heavy (non-hydrogen) atoms. The number of aromatic hydroxyl groups is 1. The summed E-state index contributed by atoms with van der Waals surface area (Å²) >= 11 is 0. The molecule has 0 bridgehead atoms. The van der Waals surface area contributed by atoms with Gasteiger partial charge in [0.05, 0.1) is 12.7 Å². The number of rotatable bonds is 6. The topological polar surface area (TPSA) is 87.5 Å². The fourth-order valence-corrected chi connectivity index (χ4v) is 2.73. The number of benzene rings is 2. The van der Waals surface area contributed by atoms with Gasteiger partial charge in [0.1, 0.15) is 0 Å². The lowest BCUT2D eigenvalue weighted by atomic mass is 10.2. The van der Waals surface area contributed by atoms with Gasteiger partial charge in [-0.15, -0.1) is 0 Å². The molecule has 0 unspecified atom stereocenters. The standard InChI is InChI=1S/C20H20N4O3/c1-21-20(27)18-19(26)17(25)14-23(22-18)12-13-24(15-8-4-2-5-9-15)16-10-6-3-7-11-16/h2-11,14,25H,12-13H2,1H3,(H,21,27). The van der Waals surface area contributed by atoms with E-state index in [0.717, 1.165) is 11.4 Å². The van der Waals surface area contributed by atoms with Crippen molar-refractivity contribution >= 4 is 17.3 Å². The van der Waals surface area contributed by atoms with E-state index in [2.05, 4.69) is 15.3 Å². The largest absolute Gasteiger partial charge is 0.503 e. The minimum Gasteiger partial charge on any atom is -0.503 e. The van der Waals surface area contributed by atoms with E-state index in [-0.39, 0.29) is 5.69 Å². The van der Waals surface area contributed by atoms with Gasteiger partial charge in [0, 0.05) is 25.0 Å². The van der Waals surface area contributed by atoms with E-state index in [1.165, 1.54) is 17.9 Å². The van der Waals surface area contributed by atoms with E-state index in [9.17, 15) is 14.7 Å². The Kier molecular flexibility index (Phi) is 5.51. The maximum atomic E-state index is 11.9. The monoisotopic (exact) mass is 364 g/mol. The summed E-state index contributed by atoms with van der Waals surface area (Å²) in [6.07, 6.45) is 1.24. The van der Waals surface area contributed by atoms with Crippen LogP contribution in [0.15, 0.2) is 71.7 Å². The first-order chi connectivity index (χ1) is 13.1. The van der Waals surface area contributed by atoms with Crippen molar-refractivity contribution in [1.82, 2.24) is 15.1 Å². The highest BCUT2D eigenvalue weighted by Gasteiger charge is 2.16. The average molecular weight is 364 g/mol. The van der Waals surface area contributed by atoms with Crippen molar-refractivity contribution in [3.8, 4) is 5.75 Å². The van der Waals surface area contributed by atoms with Gasteiger partial charge >= 0.3 is 0 Å². The molecule has 1 aromatic heterocycles. The molecule has 0 radical (unpaired) electrons. The molecule has 0 aliphatic rings. The number of nitrogens with one attached hydrogen (secondary N) is 1. The minimum atomic E-state index is -0.784. The predicted octanol–water partition coefficient (Wildman–Crippen LogP) is 2.15. The SMILES string of the molecule is CNC(=O)c1nn(CCN(c2ccccc2)c2ccccc2)cc(O)c1=O. The van der Waals surface area contributed by atoms with Crippen LogP contribution in [0.1, 0.15) is 10.5 Å². The lowest BCUT2D eigenvalue weighted by Crippen LogP contribution is -2.30. The highest BCUT2D eigenvalue weighted by Crippen LogP contribution is 2.24. The quantitative estimate of drug-likeness (QED) is 0.700. The van der Waals surface area contributed by atoms with Crippen molar-refractivity contribution in [2.24, 2.45) is 0 Å². The van der Waals surface area contributed by atoms with Crippen molar-refractivity contribution in [2.75, 3.05) is 18.5 Å². The van der Waals surface area contributed by atoms with Crippen LogP contribution in [-0.4, -0.2) is 34.4 Å². The number of amides is 1. The molecule has 2 N–H and O–H groups in total. The van der Waals surface area contributed by atoms with Gasteiger partial charge in [-0.1, -0.05) is 36.4 Å². The highest BCUT2D eigenvalue weighted by atomic mass is 16.3. The number of aromatic nitrogens is 2. The Balaban J connectivity index is 1.89. The van der Waals surface area contributed by atoms with Crippen molar-refractivity contribution in [2.45, 2.75) is 6.54 Å². The number of anilines is 2. The zero-order valence-corrected chi connectivity index (χ0v) is 14.9. The highest BCUT2D eigenvalue weighted by molar-refractivity contribution is 5.92. The Morgan fingerprint density at radius 1 is 1.07 bits per heavy atom. The molecule has 0 atom stereocenters. The maximum Gasteiger partial charge on any atom is 0.275 e. The zero-order chi connectivity index (χ0) is 19.2. The van der Waals surface area contributed by atoms with Crippen molar-refractivity contribution < 1.29 is 9.90 Å². The van der Waals surface area contributed by atoms with Crippen LogP contribution in [0.3, 0.4) is 0 Å². The lowest BCUT2D eigenvalue weighted by Gasteiger charge is -2.25. The van der Waals surface area contributed by atoms with Gasteiger partial charge in [0.2, 0.25) is 0 Å². The Labute approximate surface area is 156 Å². The summed E-state index contributed by atoms with van der Waals surface area (Å²) in [4.78, 5) is 25.8. The number of carbonyl (C=O) groups is 1. The molecule has 3 aromatic rings. The van der Waals surface area contributed by atoms with Crippen LogP contribution in [0.4, 0.5) is 11.4 Å². The van der Waals surface area contributed by atoms with E-state index >= 15 is 0 Å². The van der Waals surface area contributed by atoms with E-state index in [1.54, 1.807) is 0 Å². The third-order valence-corrected chi connectivity index (χ3v) is 4.08. The van der Waals surface area contributed by atoms with Crippen LogP contribution in [0.5, 0.6) is 5.75 Å². The average Bonchev–Trinajstić information content (AvgIpc) is 2.71. The molecule has 7 nitrogen and oxygen atoms in total. The minimum absolute atomic E-state index is 0.330. The van der Waals surface area contributed by atoms with Crippen LogP contribution in [0.2, 0.25) is 0 Å². The van der Waals surface area contributed by atoms with Crippen LogP contribution in [0, 0.1) is 0 Å². The summed E-state index contributed by atoms with van der Waals surface area (Å²) in [5, 5.41) is 16.3. The zero-order valence-electron chi connectivity index (χ0n) is 14.9. The number of hydrogen-bond donors (Lipinski definition) is 2. The summed E-state index contributed by atoms with van der Waals surface area (Å²) in [5.74, 6) is -1.14. The number of carbonyl (C=O) groups excluding carboxylic acids is 1. The molecule has 2 aromatic carbocycles. The summed E-state index contributed by atoms with van der Waals surface area (Å²) in [6, 6.07) is 19.7. The molecule has 7 heteroatoms. The molecule has 0 aliphatic carbocycles. The molecular formula is C20H20N4O3. The summed E-state index contributed by atoms with van der Waals surface area (Å²) in [6.45, 7) is 0.887. The van der Waals surface area contributed by atoms with Gasteiger partial charge in [-0.25, -0.2) is 0 Å². The maximum absolute atomic E-state index is 11.9. The molecule has 0 aliphatic heterocycles. The van der Waals surface area contributed by atoms with Crippen LogP contribution >= 0.6 is 0 Å². The third-order valence-electron chi connectivity index (χ3n) is 4.08. The smallest absolute Gasteiger partial charge is 0.275 e. The van der Waals surface area contributed by atoms with Crippen LogP contribution in [0.25, 0.3) is 0 Å². The fraction of sp³-hybridized carbons (Fsp3) is 0.150. The molecule has 0 saturated carbocycles. The van der Waals surface area contributed by atoms with E-state index in [0.29, 0.717) is 13.1 Å². The van der Waals surface area contributed by atoms with Gasteiger partial charge in [0.15, 0.2) is 11.4 Å². The Bertz CT molecular complexity index is 932. The Hall–Kier alpha value is -3.61. The molecule has 1 amide bonds. The normalized spacial score (nSPS) is 10.4. The number of hydrogen-bond acceptors (Lipinski definition) is 5. The first-order valence-corrected chi connectivity index (χ1v) is 8.50. The fourth-order valence-electron chi connectivity index (χ4n) is 2.73. The first-order valence-electron chi connectivity index (χ1n) is 8.50. The predicted molar refractivity (Wildman–Crippen MR) is 103 cm³/mol. The number of para-hydroxylation sites is 2. The van der Waals surface area contributed by atoms with Crippen molar-refractivity contribution in [3.63, 3.8) is 0 Å². The summed E-state index contributed by atoms with van der Waals surface area (Å²) < 4.78 is 1.40. The Morgan fingerprint density at radius 3 is 2.15 bits per heavy atom. The third kappa shape index (κ3) is 4.14. The molecule has 0 fully saturated rings. The van der Waals surface area contributed by atoms with E-state index < -0.39 is 17.1 Å². The molecule has 138 valence electrons. The Morgan fingerprint density at radius 2 is 1.63 bits per heavy atom. The molecule has 0 saturated heterocycles. The second-order valence-corrected chi connectivity index (χ2v) is 5.86. The molecule has 1 heterocycles. The van der Waals surface area contributed by atoms with Gasteiger partial charge in [-0.05, 0) is 24.3 Å².